The second-order valence-electron chi connectivity index (χ2n) is 7.21. The van der Waals surface area contributed by atoms with Gasteiger partial charge in [-0.15, -0.1) is 12.4 Å². The lowest BCUT2D eigenvalue weighted by Gasteiger charge is -2.23. The average molecular weight is 450 g/mol. The van der Waals surface area contributed by atoms with Crippen LogP contribution in [0.5, 0.6) is 5.75 Å². The van der Waals surface area contributed by atoms with Crippen molar-refractivity contribution in [1.29, 1.82) is 0 Å². The SMILES string of the molecule is CC(N)(C(=O)O)c1c(O)c[n+](CCCCC(N)C(=O)O)cc1CCC(N)C(=O)O.Cl. The van der Waals surface area contributed by atoms with Crippen LogP contribution in [-0.4, -0.2) is 50.4 Å². The molecule has 0 saturated carbocycles. The van der Waals surface area contributed by atoms with Crippen LogP contribution < -0.4 is 21.8 Å². The topological polar surface area (TPSA) is 214 Å². The molecule has 1 heterocycles. The maximum atomic E-state index is 11.6. The van der Waals surface area contributed by atoms with Crippen molar-refractivity contribution in [2.24, 2.45) is 17.2 Å². The number of carboxylic acids is 3. The molecule has 0 aliphatic rings. The number of hydrogen-bond acceptors (Lipinski definition) is 7. The van der Waals surface area contributed by atoms with Crippen molar-refractivity contribution in [1.82, 2.24) is 0 Å². The Bertz CT molecular complexity index is 773. The zero-order valence-electron chi connectivity index (χ0n) is 16.7. The second-order valence-corrected chi connectivity index (χ2v) is 7.21. The van der Waals surface area contributed by atoms with Crippen molar-refractivity contribution < 1.29 is 39.4 Å². The zero-order valence-corrected chi connectivity index (χ0v) is 17.5. The summed E-state index contributed by atoms with van der Waals surface area (Å²) in [6, 6.07) is -2.10. The van der Waals surface area contributed by atoms with Gasteiger partial charge >= 0.3 is 17.9 Å². The molecule has 0 amide bonds. The Morgan fingerprint density at radius 3 is 2.07 bits per heavy atom. The fourth-order valence-corrected chi connectivity index (χ4v) is 2.93. The van der Waals surface area contributed by atoms with Crippen LogP contribution in [0.1, 0.15) is 43.7 Å². The van der Waals surface area contributed by atoms with E-state index >= 15 is 0 Å². The molecule has 0 saturated heterocycles. The molecule has 3 unspecified atom stereocenters. The average Bonchev–Trinajstić information content (AvgIpc) is 2.61. The molecule has 12 heteroatoms. The largest absolute Gasteiger partial charge is 0.502 e. The molecule has 0 radical (unpaired) electrons. The summed E-state index contributed by atoms with van der Waals surface area (Å²) in [4.78, 5) is 33.3. The number of carbonyl (C=O) groups is 3. The molecule has 1 aromatic rings. The molecular formula is C18H30ClN4O7+. The third kappa shape index (κ3) is 7.41. The van der Waals surface area contributed by atoms with Crippen molar-refractivity contribution in [3.8, 4) is 5.75 Å². The van der Waals surface area contributed by atoms with Crippen molar-refractivity contribution in [2.75, 3.05) is 0 Å². The van der Waals surface area contributed by atoms with Crippen LogP contribution >= 0.6 is 12.4 Å². The lowest BCUT2D eigenvalue weighted by molar-refractivity contribution is -0.698. The summed E-state index contributed by atoms with van der Waals surface area (Å²) in [6.07, 6.45) is 4.44. The monoisotopic (exact) mass is 449 g/mol. The van der Waals surface area contributed by atoms with Crippen LogP contribution in [-0.2, 0) is 32.9 Å². The summed E-state index contributed by atoms with van der Waals surface area (Å²) >= 11 is 0. The predicted molar refractivity (Wildman–Crippen MR) is 108 cm³/mol. The molecule has 10 N–H and O–H groups in total. The number of nitrogens with zero attached hydrogens (tertiary/aromatic N) is 1. The molecule has 0 aliphatic heterocycles. The molecule has 3 atom stereocenters. The smallest absolute Gasteiger partial charge is 0.328 e. The van der Waals surface area contributed by atoms with Crippen LogP contribution in [0.15, 0.2) is 12.4 Å². The van der Waals surface area contributed by atoms with Gasteiger partial charge in [-0.2, -0.15) is 0 Å². The van der Waals surface area contributed by atoms with Gasteiger partial charge in [0.05, 0.1) is 0 Å². The van der Waals surface area contributed by atoms with Crippen LogP contribution in [0.4, 0.5) is 0 Å². The van der Waals surface area contributed by atoms with E-state index < -0.39 is 35.5 Å². The molecule has 11 nitrogen and oxygen atoms in total. The number of halogens is 1. The first-order valence-electron chi connectivity index (χ1n) is 9.12. The summed E-state index contributed by atoms with van der Waals surface area (Å²) in [5.74, 6) is -3.95. The number of aliphatic carboxylic acids is 3. The first-order chi connectivity index (χ1) is 13.4. The van der Waals surface area contributed by atoms with Gasteiger partial charge in [-0.3, -0.25) is 9.59 Å². The van der Waals surface area contributed by atoms with Crippen molar-refractivity contribution in [3.63, 3.8) is 0 Å². The van der Waals surface area contributed by atoms with E-state index in [9.17, 15) is 24.6 Å². The van der Waals surface area contributed by atoms with Crippen LogP contribution in [0.25, 0.3) is 0 Å². The van der Waals surface area contributed by atoms with Crippen molar-refractivity contribution in [3.05, 3.63) is 23.5 Å². The van der Waals surface area contributed by atoms with E-state index in [1.54, 1.807) is 10.8 Å². The maximum Gasteiger partial charge on any atom is 0.328 e. The first kappa shape index (κ1) is 27.5. The van der Waals surface area contributed by atoms with E-state index in [1.807, 2.05) is 0 Å². The van der Waals surface area contributed by atoms with Gasteiger partial charge in [-0.1, -0.05) is 0 Å². The van der Waals surface area contributed by atoms with Gasteiger partial charge in [-0.25, -0.2) is 9.36 Å². The number of hydrogen-bond donors (Lipinski definition) is 7. The summed E-state index contributed by atoms with van der Waals surface area (Å²) in [7, 11) is 0. The minimum absolute atomic E-state index is 0. The quantitative estimate of drug-likeness (QED) is 0.157. The van der Waals surface area contributed by atoms with E-state index in [0.29, 0.717) is 31.4 Å². The number of rotatable bonds is 12. The lowest BCUT2D eigenvalue weighted by Crippen LogP contribution is -2.44. The third-order valence-corrected chi connectivity index (χ3v) is 4.69. The number of aryl methyl sites for hydroxylation is 2. The standard InChI is InChI=1S/C18H28N4O7.ClH/c1-18(21,17(28)29)14-10(5-6-12(20)16(26)27)8-22(9-13(14)23)7-3-2-4-11(19)15(24)25;/h8-9,11-12H,2-7,19-21H2,1H3,(H3-,23,24,25,26,27,28,29);1H/p+1. The Balaban J connectivity index is 0.00000841. The van der Waals surface area contributed by atoms with Crippen LogP contribution in [0.2, 0.25) is 0 Å². The highest BCUT2D eigenvalue weighted by Crippen LogP contribution is 2.30. The normalized spacial score (nSPS) is 14.8. The maximum absolute atomic E-state index is 11.6. The molecule has 170 valence electrons. The van der Waals surface area contributed by atoms with Crippen LogP contribution in [0.3, 0.4) is 0 Å². The minimum Gasteiger partial charge on any atom is -0.502 e. The van der Waals surface area contributed by atoms with Crippen molar-refractivity contribution >= 4 is 30.3 Å². The summed E-state index contributed by atoms with van der Waals surface area (Å²) < 4.78 is 1.62. The van der Waals surface area contributed by atoms with Gasteiger partial charge in [0, 0.05) is 17.5 Å². The van der Waals surface area contributed by atoms with Gasteiger partial charge in [0.25, 0.3) is 0 Å². The van der Waals surface area contributed by atoms with Crippen LogP contribution in [0, 0.1) is 0 Å². The molecule has 1 rings (SSSR count). The zero-order chi connectivity index (χ0) is 22.4. The van der Waals surface area contributed by atoms with E-state index in [1.165, 1.54) is 13.1 Å². The van der Waals surface area contributed by atoms with Gasteiger partial charge in [0.2, 0.25) is 6.20 Å². The molecule has 1 aromatic heterocycles. The highest BCUT2D eigenvalue weighted by molar-refractivity contribution is 5.85. The fourth-order valence-electron chi connectivity index (χ4n) is 2.93. The number of nitrogens with two attached hydrogens (primary N) is 3. The number of aromatic hydroxyl groups is 1. The Kier molecular flexibility index (Phi) is 10.7. The Labute approximate surface area is 179 Å². The van der Waals surface area contributed by atoms with Gasteiger partial charge in [-0.05, 0) is 32.6 Å². The lowest BCUT2D eigenvalue weighted by atomic mass is 9.87. The van der Waals surface area contributed by atoms with E-state index in [4.69, 9.17) is 27.4 Å². The predicted octanol–water partition coefficient (Wildman–Crippen LogP) is -0.713. The number of aromatic nitrogens is 1. The molecule has 0 bridgehead atoms. The fraction of sp³-hybridized carbons (Fsp3) is 0.556. The van der Waals surface area contributed by atoms with Crippen molar-refractivity contribution in [2.45, 2.75) is 63.2 Å². The number of pyridine rings is 1. The number of carboxylic acid groups (broad SMARTS) is 3. The van der Waals surface area contributed by atoms with Gasteiger partial charge in [0.1, 0.15) is 24.2 Å². The first-order valence-corrected chi connectivity index (χ1v) is 9.12. The molecule has 0 fully saturated rings. The second kappa shape index (κ2) is 11.6. The molecule has 0 aliphatic carbocycles. The summed E-state index contributed by atoms with van der Waals surface area (Å²) in [5.41, 5.74) is 15.4. The van der Waals surface area contributed by atoms with E-state index in [0.717, 1.165) is 0 Å². The molecular weight excluding hydrogens is 420 g/mol. The Hall–Kier alpha value is -2.47. The van der Waals surface area contributed by atoms with Gasteiger partial charge in [0.15, 0.2) is 11.9 Å². The molecule has 0 spiro atoms. The highest BCUT2D eigenvalue weighted by atomic mass is 35.5. The van der Waals surface area contributed by atoms with E-state index in [-0.39, 0.29) is 36.6 Å². The molecule has 0 aromatic carbocycles. The number of unbranched alkanes of at least 4 members (excludes halogenated alkanes) is 1. The Morgan fingerprint density at radius 1 is 1.03 bits per heavy atom. The summed E-state index contributed by atoms with van der Waals surface area (Å²) in [5, 5.41) is 37.6. The molecule has 30 heavy (non-hydrogen) atoms. The third-order valence-electron chi connectivity index (χ3n) is 4.69. The van der Waals surface area contributed by atoms with Gasteiger partial charge < -0.3 is 37.6 Å². The minimum atomic E-state index is -1.89. The highest BCUT2D eigenvalue weighted by Gasteiger charge is 2.37. The summed E-state index contributed by atoms with van der Waals surface area (Å²) in [6.45, 7) is 1.65. The van der Waals surface area contributed by atoms with E-state index in [2.05, 4.69) is 0 Å². The Morgan fingerprint density at radius 2 is 1.57 bits per heavy atom.